The summed E-state index contributed by atoms with van der Waals surface area (Å²) in [5.41, 5.74) is 2.05. The Balaban J connectivity index is 1.38. The van der Waals surface area contributed by atoms with Gasteiger partial charge in [0, 0.05) is 24.7 Å². The number of rotatable bonds is 5. The third kappa shape index (κ3) is 4.60. The van der Waals surface area contributed by atoms with E-state index in [9.17, 15) is 13.2 Å². The lowest BCUT2D eigenvalue weighted by Gasteiger charge is -2.30. The van der Waals surface area contributed by atoms with E-state index < -0.39 is 10.0 Å². The topological polar surface area (TPSA) is 103 Å². The van der Waals surface area contributed by atoms with Gasteiger partial charge in [-0.25, -0.2) is 13.4 Å². The van der Waals surface area contributed by atoms with E-state index in [1.54, 1.807) is 23.1 Å². The molecule has 1 saturated heterocycles. The highest BCUT2D eigenvalue weighted by atomic mass is 32.2. The minimum Gasteiger partial charge on any atom is -0.326 e. The summed E-state index contributed by atoms with van der Waals surface area (Å²) in [4.78, 5) is 17.4. The van der Waals surface area contributed by atoms with Gasteiger partial charge in [-0.2, -0.15) is 9.57 Å². The molecule has 1 amide bonds. The van der Waals surface area contributed by atoms with Crippen molar-refractivity contribution >= 4 is 54.9 Å². The standard InChI is InChI=1S/C21H20N4O3S3/c1-29-21-24-18-7-4-16(12-19(18)30-21)23-20(26)15-8-10-25(11-9-15)31(27,28)17-5-2-14(13-22)3-6-17/h2-7,12,15H,8-11H2,1H3,(H,23,26). The second-order valence-corrected chi connectivity index (χ2v) is 11.2. The van der Waals surface area contributed by atoms with Gasteiger partial charge in [-0.05, 0) is 61.6 Å². The lowest BCUT2D eigenvalue weighted by Crippen LogP contribution is -2.41. The first kappa shape index (κ1) is 21.8. The van der Waals surface area contributed by atoms with Crippen LogP contribution in [0.5, 0.6) is 0 Å². The quantitative estimate of drug-likeness (QED) is 0.565. The summed E-state index contributed by atoms with van der Waals surface area (Å²) in [6, 6.07) is 13.5. The molecule has 160 valence electrons. The Morgan fingerprint density at radius 2 is 1.94 bits per heavy atom. The van der Waals surface area contributed by atoms with Crippen LogP contribution in [0.2, 0.25) is 0 Å². The first-order valence-corrected chi connectivity index (χ1v) is 13.1. The minimum atomic E-state index is -3.63. The van der Waals surface area contributed by atoms with Crippen molar-refractivity contribution in [1.29, 1.82) is 5.26 Å². The number of carbonyl (C=O) groups is 1. The molecule has 1 aromatic heterocycles. The van der Waals surface area contributed by atoms with Gasteiger partial charge in [0.15, 0.2) is 4.34 Å². The molecule has 0 aliphatic carbocycles. The molecule has 4 rings (SSSR count). The summed E-state index contributed by atoms with van der Waals surface area (Å²) < 4.78 is 29.1. The fourth-order valence-electron chi connectivity index (χ4n) is 3.52. The number of piperidine rings is 1. The van der Waals surface area contributed by atoms with Gasteiger partial charge < -0.3 is 5.32 Å². The maximum atomic E-state index is 12.8. The number of nitriles is 1. The minimum absolute atomic E-state index is 0.0932. The second-order valence-electron chi connectivity index (χ2n) is 7.17. The number of anilines is 1. The highest BCUT2D eigenvalue weighted by Gasteiger charge is 2.32. The Morgan fingerprint density at radius 1 is 1.23 bits per heavy atom. The molecule has 1 fully saturated rings. The predicted molar refractivity (Wildman–Crippen MR) is 123 cm³/mol. The van der Waals surface area contributed by atoms with Crippen molar-refractivity contribution in [3.8, 4) is 6.07 Å². The molecule has 31 heavy (non-hydrogen) atoms. The number of nitrogens with one attached hydrogen (secondary N) is 1. The normalized spacial score (nSPS) is 15.6. The van der Waals surface area contributed by atoms with Gasteiger partial charge >= 0.3 is 0 Å². The predicted octanol–water partition coefficient (Wildman–Crippen LogP) is 3.93. The molecule has 0 saturated carbocycles. The summed E-state index contributed by atoms with van der Waals surface area (Å²) in [6.07, 6.45) is 2.90. The lowest BCUT2D eigenvalue weighted by atomic mass is 9.97. The first-order chi connectivity index (χ1) is 14.9. The van der Waals surface area contributed by atoms with Crippen molar-refractivity contribution in [2.24, 2.45) is 5.92 Å². The largest absolute Gasteiger partial charge is 0.326 e. The zero-order valence-electron chi connectivity index (χ0n) is 16.7. The van der Waals surface area contributed by atoms with Crippen LogP contribution in [0.1, 0.15) is 18.4 Å². The van der Waals surface area contributed by atoms with Crippen LogP contribution in [0, 0.1) is 17.2 Å². The molecule has 1 aliphatic heterocycles. The van der Waals surface area contributed by atoms with E-state index >= 15 is 0 Å². The third-order valence-corrected chi connectivity index (χ3v) is 9.17. The van der Waals surface area contributed by atoms with Crippen LogP contribution in [-0.4, -0.2) is 43.0 Å². The van der Waals surface area contributed by atoms with Gasteiger partial charge in [0.05, 0.1) is 26.7 Å². The number of hydrogen-bond acceptors (Lipinski definition) is 7. The molecule has 2 aromatic carbocycles. The van der Waals surface area contributed by atoms with Crippen LogP contribution in [0.15, 0.2) is 51.7 Å². The highest BCUT2D eigenvalue weighted by molar-refractivity contribution is 8.00. The maximum absolute atomic E-state index is 12.8. The lowest BCUT2D eigenvalue weighted by molar-refractivity contribution is -0.120. The van der Waals surface area contributed by atoms with E-state index in [1.807, 2.05) is 30.5 Å². The van der Waals surface area contributed by atoms with Gasteiger partial charge in [-0.1, -0.05) is 11.8 Å². The van der Waals surface area contributed by atoms with Gasteiger partial charge in [-0.3, -0.25) is 4.79 Å². The monoisotopic (exact) mass is 472 g/mol. The van der Waals surface area contributed by atoms with Crippen molar-refractivity contribution in [2.75, 3.05) is 24.7 Å². The SMILES string of the molecule is CSc1nc2ccc(NC(=O)C3CCN(S(=O)(=O)c4ccc(C#N)cc4)CC3)cc2s1. The van der Waals surface area contributed by atoms with Crippen LogP contribution in [0.3, 0.4) is 0 Å². The first-order valence-electron chi connectivity index (χ1n) is 9.66. The number of fused-ring (bicyclic) bond motifs is 1. The van der Waals surface area contributed by atoms with E-state index in [2.05, 4.69) is 10.3 Å². The number of sulfonamides is 1. The molecule has 3 aromatic rings. The molecule has 7 nitrogen and oxygen atoms in total. The van der Waals surface area contributed by atoms with Crippen molar-refractivity contribution in [3.05, 3.63) is 48.0 Å². The molecule has 0 unspecified atom stereocenters. The molecule has 0 radical (unpaired) electrons. The summed E-state index contributed by atoms with van der Waals surface area (Å²) in [5.74, 6) is -0.337. The zero-order valence-corrected chi connectivity index (χ0v) is 19.2. The molecule has 10 heteroatoms. The average Bonchev–Trinajstić information content (AvgIpc) is 3.21. The average molecular weight is 473 g/mol. The van der Waals surface area contributed by atoms with Crippen LogP contribution in [-0.2, 0) is 14.8 Å². The van der Waals surface area contributed by atoms with Crippen molar-refractivity contribution in [1.82, 2.24) is 9.29 Å². The molecule has 0 spiro atoms. The van der Waals surface area contributed by atoms with E-state index in [0.717, 1.165) is 20.2 Å². The number of carbonyl (C=O) groups excluding carboxylic acids is 1. The second kappa shape index (κ2) is 8.96. The number of hydrogen-bond donors (Lipinski definition) is 1. The molecule has 1 N–H and O–H groups in total. The van der Waals surface area contributed by atoms with Crippen LogP contribution < -0.4 is 5.32 Å². The maximum Gasteiger partial charge on any atom is 0.243 e. The number of nitrogens with zero attached hydrogens (tertiary/aromatic N) is 3. The fourth-order valence-corrected chi connectivity index (χ4v) is 6.52. The Kier molecular flexibility index (Phi) is 6.29. The Labute approximate surface area is 189 Å². The van der Waals surface area contributed by atoms with Crippen LogP contribution in [0.25, 0.3) is 10.2 Å². The number of aromatic nitrogens is 1. The van der Waals surface area contributed by atoms with Crippen LogP contribution in [0.4, 0.5) is 5.69 Å². The molecular weight excluding hydrogens is 452 g/mol. The van der Waals surface area contributed by atoms with Gasteiger partial charge in [0.1, 0.15) is 0 Å². The summed E-state index contributed by atoms with van der Waals surface area (Å²) >= 11 is 3.18. The number of thioether (sulfide) groups is 1. The zero-order chi connectivity index (χ0) is 22.0. The Bertz CT molecular complexity index is 1260. The smallest absolute Gasteiger partial charge is 0.243 e. The van der Waals surface area contributed by atoms with E-state index in [4.69, 9.17) is 5.26 Å². The van der Waals surface area contributed by atoms with E-state index in [1.165, 1.54) is 28.6 Å². The van der Waals surface area contributed by atoms with Gasteiger partial charge in [0.2, 0.25) is 15.9 Å². The molecule has 1 aliphatic rings. The van der Waals surface area contributed by atoms with Gasteiger partial charge in [0.25, 0.3) is 0 Å². The number of amides is 1. The number of thiazole rings is 1. The molecular formula is C21H20N4O3S3. The molecule has 2 heterocycles. The van der Waals surface area contributed by atoms with Gasteiger partial charge in [-0.15, -0.1) is 11.3 Å². The van der Waals surface area contributed by atoms with E-state index in [-0.39, 0.29) is 29.8 Å². The number of benzene rings is 2. The third-order valence-electron chi connectivity index (χ3n) is 5.26. The Hall–Kier alpha value is -2.45. The summed E-state index contributed by atoms with van der Waals surface area (Å²) in [7, 11) is -3.63. The van der Waals surface area contributed by atoms with Crippen molar-refractivity contribution < 1.29 is 13.2 Å². The van der Waals surface area contributed by atoms with Crippen molar-refractivity contribution in [2.45, 2.75) is 22.1 Å². The van der Waals surface area contributed by atoms with Crippen LogP contribution >= 0.6 is 23.1 Å². The Morgan fingerprint density at radius 3 is 2.58 bits per heavy atom. The molecule has 0 atom stereocenters. The summed E-state index contributed by atoms with van der Waals surface area (Å²) in [6.45, 7) is 0.566. The summed E-state index contributed by atoms with van der Waals surface area (Å²) in [5, 5.41) is 11.8. The fraction of sp³-hybridized carbons (Fsp3) is 0.286. The van der Waals surface area contributed by atoms with Crippen molar-refractivity contribution in [3.63, 3.8) is 0 Å². The molecule has 0 bridgehead atoms. The highest BCUT2D eigenvalue weighted by Crippen LogP contribution is 2.31. The van der Waals surface area contributed by atoms with E-state index in [0.29, 0.717) is 18.4 Å².